The first-order valence-electron chi connectivity index (χ1n) is 9.94. The average molecular weight is 489 g/mol. The van der Waals surface area contributed by atoms with Crippen molar-refractivity contribution in [2.24, 2.45) is 10.9 Å². The molecule has 154 valence electrons. The van der Waals surface area contributed by atoms with Gasteiger partial charge in [-0.2, -0.15) is 0 Å². The van der Waals surface area contributed by atoms with Crippen molar-refractivity contribution < 1.29 is 9.47 Å². The largest absolute Gasteiger partial charge is 0.381 e. The molecule has 1 heterocycles. The third kappa shape index (κ3) is 10.3. The molecule has 0 aromatic heterocycles. The van der Waals surface area contributed by atoms with E-state index in [1.165, 1.54) is 5.56 Å². The molecule has 6 heteroatoms. The molecule has 2 N–H and O–H groups in total. The Labute approximate surface area is 181 Å². The van der Waals surface area contributed by atoms with E-state index in [0.29, 0.717) is 11.8 Å². The molecule has 1 aliphatic heterocycles. The van der Waals surface area contributed by atoms with Crippen LogP contribution in [0.25, 0.3) is 0 Å². The summed E-state index contributed by atoms with van der Waals surface area (Å²) < 4.78 is 11.2. The Morgan fingerprint density at radius 2 is 1.89 bits per heavy atom. The molecule has 0 aliphatic carbocycles. The van der Waals surface area contributed by atoms with Crippen LogP contribution in [0, 0.1) is 5.92 Å². The van der Waals surface area contributed by atoms with E-state index >= 15 is 0 Å². The van der Waals surface area contributed by atoms with Crippen LogP contribution in [-0.4, -0.2) is 52.5 Å². The highest BCUT2D eigenvalue weighted by atomic mass is 127. The highest BCUT2D eigenvalue weighted by molar-refractivity contribution is 14.0. The van der Waals surface area contributed by atoms with Crippen molar-refractivity contribution in [3.05, 3.63) is 35.9 Å². The van der Waals surface area contributed by atoms with Crippen LogP contribution >= 0.6 is 24.0 Å². The number of guanidine groups is 1. The van der Waals surface area contributed by atoms with Gasteiger partial charge in [0.05, 0.1) is 0 Å². The van der Waals surface area contributed by atoms with Gasteiger partial charge in [0.2, 0.25) is 0 Å². The third-order valence-electron chi connectivity index (χ3n) is 4.91. The van der Waals surface area contributed by atoms with Gasteiger partial charge in [0.1, 0.15) is 0 Å². The molecule has 1 aliphatic rings. The fraction of sp³-hybridized carbons (Fsp3) is 0.667. The molecule has 2 rings (SSSR count). The van der Waals surface area contributed by atoms with Gasteiger partial charge in [-0.3, -0.25) is 4.99 Å². The lowest BCUT2D eigenvalue weighted by Gasteiger charge is -2.21. The number of hydrogen-bond donors (Lipinski definition) is 2. The van der Waals surface area contributed by atoms with Crippen LogP contribution < -0.4 is 10.6 Å². The number of nitrogens with zero attached hydrogens (tertiary/aromatic N) is 1. The second-order valence-electron chi connectivity index (χ2n) is 7.01. The van der Waals surface area contributed by atoms with Gasteiger partial charge in [-0.1, -0.05) is 37.3 Å². The monoisotopic (exact) mass is 489 g/mol. The van der Waals surface area contributed by atoms with Gasteiger partial charge in [0, 0.05) is 46.6 Å². The lowest BCUT2D eigenvalue weighted by Crippen LogP contribution is -2.38. The molecule has 1 unspecified atom stereocenters. The molecule has 0 amide bonds. The molecule has 1 saturated heterocycles. The van der Waals surface area contributed by atoms with Crippen LogP contribution in [0.1, 0.15) is 44.1 Å². The van der Waals surface area contributed by atoms with Crippen LogP contribution in [-0.2, 0) is 9.47 Å². The van der Waals surface area contributed by atoms with Crippen LogP contribution in [0.15, 0.2) is 35.3 Å². The maximum absolute atomic E-state index is 5.79. The van der Waals surface area contributed by atoms with E-state index in [1.807, 2.05) is 7.05 Å². The molecule has 27 heavy (non-hydrogen) atoms. The SMILES string of the molecule is CN=C(NCCCOCC1CCOCC1)NCCC(C)c1ccccc1.I. The van der Waals surface area contributed by atoms with Crippen molar-refractivity contribution in [1.82, 2.24) is 10.6 Å². The van der Waals surface area contributed by atoms with Crippen molar-refractivity contribution >= 4 is 29.9 Å². The van der Waals surface area contributed by atoms with Gasteiger partial charge in [0.25, 0.3) is 0 Å². The first kappa shape index (κ1) is 24.2. The van der Waals surface area contributed by atoms with Crippen LogP contribution in [0.5, 0.6) is 0 Å². The first-order chi connectivity index (χ1) is 12.8. The van der Waals surface area contributed by atoms with Crippen molar-refractivity contribution in [3.8, 4) is 0 Å². The molecule has 1 fully saturated rings. The first-order valence-corrected chi connectivity index (χ1v) is 9.94. The standard InChI is InChI=1S/C21H35N3O2.HI/c1-18(20-7-4-3-5-8-20)9-13-24-21(22-2)23-12-6-14-26-17-19-10-15-25-16-11-19;/h3-5,7-8,18-19H,6,9-17H2,1-2H3,(H2,22,23,24);1H. The summed E-state index contributed by atoms with van der Waals surface area (Å²) in [5.74, 6) is 2.09. The van der Waals surface area contributed by atoms with Crippen LogP contribution in [0.4, 0.5) is 0 Å². The minimum atomic E-state index is 0. The third-order valence-corrected chi connectivity index (χ3v) is 4.91. The molecule has 1 aromatic carbocycles. The summed E-state index contributed by atoms with van der Waals surface area (Å²) in [6.45, 7) is 7.50. The zero-order valence-electron chi connectivity index (χ0n) is 16.8. The highest BCUT2D eigenvalue weighted by Gasteiger charge is 2.13. The summed E-state index contributed by atoms with van der Waals surface area (Å²) >= 11 is 0. The van der Waals surface area contributed by atoms with E-state index in [1.54, 1.807) is 0 Å². The van der Waals surface area contributed by atoms with E-state index < -0.39 is 0 Å². The maximum Gasteiger partial charge on any atom is 0.190 e. The van der Waals surface area contributed by atoms with Gasteiger partial charge >= 0.3 is 0 Å². The van der Waals surface area contributed by atoms with E-state index in [0.717, 1.165) is 71.2 Å². The normalized spacial score (nSPS) is 16.4. The molecular formula is C21H36IN3O2. The summed E-state index contributed by atoms with van der Waals surface area (Å²) in [5, 5.41) is 6.76. The summed E-state index contributed by atoms with van der Waals surface area (Å²) in [6.07, 6.45) is 4.34. The molecule has 1 aromatic rings. The van der Waals surface area contributed by atoms with Crippen molar-refractivity contribution in [2.45, 2.75) is 38.5 Å². The minimum absolute atomic E-state index is 0. The zero-order chi connectivity index (χ0) is 18.5. The number of halogens is 1. The number of benzene rings is 1. The molecular weight excluding hydrogens is 453 g/mol. The Morgan fingerprint density at radius 1 is 1.19 bits per heavy atom. The summed E-state index contributed by atoms with van der Waals surface area (Å²) in [6, 6.07) is 10.7. The van der Waals surface area contributed by atoms with Crippen molar-refractivity contribution in [1.29, 1.82) is 0 Å². The Bertz CT molecular complexity index is 507. The second kappa shape index (κ2) is 15.1. The molecule has 0 spiro atoms. The summed E-state index contributed by atoms with van der Waals surface area (Å²) in [5.41, 5.74) is 1.39. The predicted octanol–water partition coefficient (Wildman–Crippen LogP) is 3.80. The van der Waals surface area contributed by atoms with Crippen molar-refractivity contribution in [2.75, 3.05) is 46.6 Å². The number of rotatable bonds is 10. The lowest BCUT2D eigenvalue weighted by molar-refractivity contribution is 0.0203. The van der Waals surface area contributed by atoms with Gasteiger partial charge < -0.3 is 20.1 Å². The summed E-state index contributed by atoms with van der Waals surface area (Å²) in [4.78, 5) is 4.29. The Morgan fingerprint density at radius 3 is 2.59 bits per heavy atom. The minimum Gasteiger partial charge on any atom is -0.381 e. The van der Waals surface area contributed by atoms with Gasteiger partial charge in [-0.25, -0.2) is 0 Å². The van der Waals surface area contributed by atoms with E-state index in [4.69, 9.17) is 9.47 Å². The topological polar surface area (TPSA) is 54.9 Å². The molecule has 5 nitrogen and oxygen atoms in total. The quantitative estimate of drug-likeness (QED) is 0.227. The van der Waals surface area contributed by atoms with Crippen LogP contribution in [0.3, 0.4) is 0 Å². The molecule has 0 radical (unpaired) electrons. The van der Waals surface area contributed by atoms with E-state index in [-0.39, 0.29) is 24.0 Å². The number of hydrogen-bond acceptors (Lipinski definition) is 3. The van der Waals surface area contributed by atoms with E-state index in [2.05, 4.69) is 52.9 Å². The second-order valence-corrected chi connectivity index (χ2v) is 7.01. The number of aliphatic imine (C=N–C) groups is 1. The maximum atomic E-state index is 5.79. The smallest absolute Gasteiger partial charge is 0.190 e. The predicted molar refractivity (Wildman–Crippen MR) is 123 cm³/mol. The number of nitrogens with one attached hydrogen (secondary N) is 2. The van der Waals surface area contributed by atoms with Gasteiger partial charge in [-0.05, 0) is 43.1 Å². The van der Waals surface area contributed by atoms with Crippen LogP contribution in [0.2, 0.25) is 0 Å². The summed E-state index contributed by atoms with van der Waals surface area (Å²) in [7, 11) is 1.82. The average Bonchev–Trinajstić information content (AvgIpc) is 2.70. The Balaban J connectivity index is 0.00000364. The van der Waals surface area contributed by atoms with Crippen molar-refractivity contribution in [3.63, 3.8) is 0 Å². The Hall–Kier alpha value is -0.860. The van der Waals surface area contributed by atoms with Gasteiger partial charge in [-0.15, -0.1) is 24.0 Å². The molecule has 0 bridgehead atoms. The molecule has 1 atom stereocenters. The lowest BCUT2D eigenvalue weighted by atomic mass is 9.98. The fourth-order valence-electron chi connectivity index (χ4n) is 3.12. The zero-order valence-corrected chi connectivity index (χ0v) is 19.1. The van der Waals surface area contributed by atoms with Gasteiger partial charge in [0.15, 0.2) is 5.96 Å². The number of ether oxygens (including phenoxy) is 2. The fourth-order valence-corrected chi connectivity index (χ4v) is 3.12. The highest BCUT2D eigenvalue weighted by Crippen LogP contribution is 2.17. The van der Waals surface area contributed by atoms with E-state index in [9.17, 15) is 0 Å². The Kier molecular flexibility index (Phi) is 13.5. The molecule has 0 saturated carbocycles.